The van der Waals surface area contributed by atoms with Crippen molar-refractivity contribution < 1.29 is 14.3 Å². The molecule has 0 saturated carbocycles. The molecule has 0 atom stereocenters. The molecule has 0 bridgehead atoms. The van der Waals surface area contributed by atoms with E-state index in [4.69, 9.17) is 9.47 Å². The van der Waals surface area contributed by atoms with Gasteiger partial charge in [0.1, 0.15) is 0 Å². The first-order chi connectivity index (χ1) is 13.7. The highest BCUT2D eigenvalue weighted by Crippen LogP contribution is 2.27. The highest BCUT2D eigenvalue weighted by molar-refractivity contribution is 5.73. The Kier molecular flexibility index (Phi) is 6.46. The standard InChI is InChI=1S/C20H23N5O3/c1-27-17-5-4-15(12-18(17)28-2)6-10-22-20(26)23-14-16-7-9-21-19(13-16)25-11-3-8-24-25/h3-5,7-9,11-13H,6,10,14H2,1-2H3,(H2,22,23,26). The van der Waals surface area contributed by atoms with Crippen LogP contribution in [0.4, 0.5) is 4.79 Å². The first-order valence-electron chi connectivity index (χ1n) is 8.87. The molecule has 0 saturated heterocycles. The van der Waals surface area contributed by atoms with E-state index in [0.717, 1.165) is 11.1 Å². The molecule has 146 valence electrons. The summed E-state index contributed by atoms with van der Waals surface area (Å²) >= 11 is 0. The second-order valence-electron chi connectivity index (χ2n) is 6.02. The van der Waals surface area contributed by atoms with Crippen LogP contribution >= 0.6 is 0 Å². The van der Waals surface area contributed by atoms with Crippen LogP contribution < -0.4 is 20.1 Å². The first-order valence-corrected chi connectivity index (χ1v) is 8.87. The monoisotopic (exact) mass is 381 g/mol. The molecule has 0 aliphatic heterocycles. The fourth-order valence-corrected chi connectivity index (χ4v) is 2.70. The smallest absolute Gasteiger partial charge is 0.315 e. The number of methoxy groups -OCH3 is 2. The zero-order valence-corrected chi connectivity index (χ0v) is 15.9. The lowest BCUT2D eigenvalue weighted by molar-refractivity contribution is 0.240. The van der Waals surface area contributed by atoms with E-state index >= 15 is 0 Å². The number of pyridine rings is 1. The highest BCUT2D eigenvalue weighted by atomic mass is 16.5. The summed E-state index contributed by atoms with van der Waals surface area (Å²) in [5, 5.41) is 9.85. The maximum Gasteiger partial charge on any atom is 0.315 e. The van der Waals surface area contributed by atoms with Gasteiger partial charge in [-0.3, -0.25) is 0 Å². The Bertz CT molecular complexity index is 912. The second-order valence-corrected chi connectivity index (χ2v) is 6.02. The molecule has 3 aromatic rings. The van der Waals surface area contributed by atoms with E-state index in [0.29, 0.717) is 36.8 Å². The number of hydrogen-bond donors (Lipinski definition) is 2. The molecule has 1 aromatic carbocycles. The number of benzene rings is 1. The molecule has 8 nitrogen and oxygen atoms in total. The number of carbonyl (C=O) groups excluding carboxylic acids is 1. The number of nitrogens with zero attached hydrogens (tertiary/aromatic N) is 3. The van der Waals surface area contributed by atoms with Gasteiger partial charge in [-0.1, -0.05) is 6.07 Å². The lowest BCUT2D eigenvalue weighted by atomic mass is 10.1. The largest absolute Gasteiger partial charge is 0.493 e. The summed E-state index contributed by atoms with van der Waals surface area (Å²) in [6, 6.07) is 11.1. The number of nitrogens with one attached hydrogen (secondary N) is 2. The van der Waals surface area contributed by atoms with E-state index in [1.54, 1.807) is 31.3 Å². The molecule has 8 heteroatoms. The van der Waals surface area contributed by atoms with Gasteiger partial charge in [0.05, 0.1) is 14.2 Å². The van der Waals surface area contributed by atoms with Crippen molar-refractivity contribution >= 4 is 6.03 Å². The average Bonchev–Trinajstić information content (AvgIpc) is 3.27. The minimum atomic E-state index is -0.224. The Labute approximate surface area is 163 Å². The molecule has 0 aliphatic rings. The van der Waals surface area contributed by atoms with Crippen LogP contribution in [0.2, 0.25) is 0 Å². The Morgan fingerprint density at radius 1 is 1.04 bits per heavy atom. The molecule has 28 heavy (non-hydrogen) atoms. The number of urea groups is 1. The van der Waals surface area contributed by atoms with Crippen LogP contribution in [0.3, 0.4) is 0 Å². The Morgan fingerprint density at radius 2 is 1.89 bits per heavy atom. The van der Waals surface area contributed by atoms with Gasteiger partial charge in [-0.2, -0.15) is 5.10 Å². The van der Waals surface area contributed by atoms with Gasteiger partial charge in [-0.05, 0) is 47.9 Å². The molecular weight excluding hydrogens is 358 g/mol. The maximum atomic E-state index is 12.0. The van der Waals surface area contributed by atoms with E-state index in [1.165, 1.54) is 0 Å². The molecule has 0 aliphatic carbocycles. The molecule has 0 radical (unpaired) electrons. The maximum absolute atomic E-state index is 12.0. The van der Waals surface area contributed by atoms with Crippen molar-refractivity contribution in [2.24, 2.45) is 0 Å². The molecule has 0 fully saturated rings. The Morgan fingerprint density at radius 3 is 2.64 bits per heavy atom. The van der Waals surface area contributed by atoms with E-state index in [-0.39, 0.29) is 6.03 Å². The molecular formula is C20H23N5O3. The zero-order valence-electron chi connectivity index (χ0n) is 15.9. The number of hydrogen-bond acceptors (Lipinski definition) is 5. The Hall–Kier alpha value is -3.55. The van der Waals surface area contributed by atoms with Crippen molar-refractivity contribution in [1.29, 1.82) is 0 Å². The van der Waals surface area contributed by atoms with Gasteiger partial charge in [0.2, 0.25) is 0 Å². The molecule has 0 unspecified atom stereocenters. The van der Waals surface area contributed by atoms with Crippen LogP contribution in [0.25, 0.3) is 5.82 Å². The topological polar surface area (TPSA) is 90.3 Å². The van der Waals surface area contributed by atoms with Gasteiger partial charge in [-0.25, -0.2) is 14.5 Å². The molecule has 2 N–H and O–H groups in total. The number of rotatable bonds is 8. The van der Waals surface area contributed by atoms with Crippen LogP contribution in [-0.2, 0) is 13.0 Å². The van der Waals surface area contributed by atoms with E-state index in [1.807, 2.05) is 42.6 Å². The summed E-state index contributed by atoms with van der Waals surface area (Å²) in [5.74, 6) is 2.07. The van der Waals surface area contributed by atoms with Gasteiger partial charge in [0, 0.05) is 31.7 Å². The third-order valence-corrected chi connectivity index (χ3v) is 4.15. The predicted octanol–water partition coefficient (Wildman–Crippen LogP) is 2.33. The first kappa shape index (κ1) is 19.2. The summed E-state index contributed by atoms with van der Waals surface area (Å²) in [6.07, 6.45) is 5.90. The van der Waals surface area contributed by atoms with Crippen molar-refractivity contribution in [3.63, 3.8) is 0 Å². The molecule has 0 spiro atoms. The van der Waals surface area contributed by atoms with Crippen molar-refractivity contribution in [3.05, 3.63) is 66.1 Å². The lowest BCUT2D eigenvalue weighted by Gasteiger charge is -2.11. The van der Waals surface area contributed by atoms with Crippen LogP contribution in [0.15, 0.2) is 55.0 Å². The summed E-state index contributed by atoms with van der Waals surface area (Å²) in [7, 11) is 3.20. The zero-order chi connectivity index (χ0) is 19.8. The normalized spacial score (nSPS) is 10.4. The summed E-state index contributed by atoms with van der Waals surface area (Å²) in [6.45, 7) is 0.912. The second kappa shape index (κ2) is 9.40. The van der Waals surface area contributed by atoms with E-state index in [9.17, 15) is 4.79 Å². The number of amides is 2. The Balaban J connectivity index is 1.46. The average molecular weight is 381 g/mol. The van der Waals surface area contributed by atoms with Crippen LogP contribution in [-0.4, -0.2) is 41.6 Å². The van der Waals surface area contributed by atoms with Crippen molar-refractivity contribution in [2.75, 3.05) is 20.8 Å². The van der Waals surface area contributed by atoms with E-state index in [2.05, 4.69) is 20.7 Å². The van der Waals surface area contributed by atoms with Gasteiger partial charge >= 0.3 is 6.03 Å². The third-order valence-electron chi connectivity index (χ3n) is 4.15. The van der Waals surface area contributed by atoms with Crippen LogP contribution in [0.5, 0.6) is 11.5 Å². The van der Waals surface area contributed by atoms with Gasteiger partial charge < -0.3 is 20.1 Å². The predicted molar refractivity (Wildman–Crippen MR) is 105 cm³/mol. The van der Waals surface area contributed by atoms with Gasteiger partial charge in [0.25, 0.3) is 0 Å². The van der Waals surface area contributed by atoms with Gasteiger partial charge in [0.15, 0.2) is 17.3 Å². The number of ether oxygens (including phenoxy) is 2. The fourth-order valence-electron chi connectivity index (χ4n) is 2.70. The SMILES string of the molecule is COc1ccc(CCNC(=O)NCc2ccnc(-n3cccn3)c2)cc1OC. The summed E-state index contributed by atoms with van der Waals surface area (Å²) in [5.41, 5.74) is 1.99. The van der Waals surface area contributed by atoms with Crippen molar-refractivity contribution in [1.82, 2.24) is 25.4 Å². The third kappa shape index (κ3) is 5.00. The minimum Gasteiger partial charge on any atom is -0.493 e. The molecule has 2 aromatic heterocycles. The number of carbonyl (C=O) groups is 1. The van der Waals surface area contributed by atoms with Crippen LogP contribution in [0, 0.1) is 0 Å². The fraction of sp³-hybridized carbons (Fsp3) is 0.250. The van der Waals surface area contributed by atoms with Crippen LogP contribution in [0.1, 0.15) is 11.1 Å². The molecule has 2 amide bonds. The number of aromatic nitrogens is 3. The summed E-state index contributed by atoms with van der Waals surface area (Å²) in [4.78, 5) is 16.3. The van der Waals surface area contributed by atoms with Crippen molar-refractivity contribution in [3.8, 4) is 17.3 Å². The summed E-state index contributed by atoms with van der Waals surface area (Å²) < 4.78 is 12.2. The quantitative estimate of drug-likeness (QED) is 0.625. The molecule has 3 rings (SSSR count). The van der Waals surface area contributed by atoms with Crippen molar-refractivity contribution in [2.45, 2.75) is 13.0 Å². The lowest BCUT2D eigenvalue weighted by Crippen LogP contribution is -2.36. The van der Waals surface area contributed by atoms with Gasteiger partial charge in [-0.15, -0.1) is 0 Å². The molecule has 2 heterocycles. The minimum absolute atomic E-state index is 0.224. The van der Waals surface area contributed by atoms with E-state index < -0.39 is 0 Å². The highest BCUT2D eigenvalue weighted by Gasteiger charge is 2.06.